The Balaban J connectivity index is 1.29. The van der Waals surface area contributed by atoms with Crippen LogP contribution in [0.2, 0.25) is 0 Å². The van der Waals surface area contributed by atoms with Crippen LogP contribution in [0.3, 0.4) is 0 Å². The van der Waals surface area contributed by atoms with Crippen molar-refractivity contribution in [3.05, 3.63) is 58.6 Å². The van der Waals surface area contributed by atoms with Crippen molar-refractivity contribution >= 4 is 17.2 Å². The minimum absolute atomic E-state index is 0.0265. The van der Waals surface area contributed by atoms with Crippen LogP contribution in [0.1, 0.15) is 37.3 Å². The monoisotopic (exact) mass is 385 g/mol. The average molecular weight is 385 g/mol. The lowest BCUT2D eigenvalue weighted by Gasteiger charge is -2.13. The number of carbonyl (C=O) groups is 1. The summed E-state index contributed by atoms with van der Waals surface area (Å²) in [5.74, 6) is 0.948. The number of nitrogens with one attached hydrogen (secondary N) is 1. The Hall–Kier alpha value is -2.51. The van der Waals surface area contributed by atoms with Crippen LogP contribution in [-0.4, -0.2) is 29.3 Å². The van der Waals surface area contributed by atoms with E-state index in [9.17, 15) is 4.79 Å². The zero-order chi connectivity index (χ0) is 18.9. The Morgan fingerprint density at radius 1 is 1.26 bits per heavy atom. The van der Waals surface area contributed by atoms with E-state index in [4.69, 9.17) is 9.15 Å². The Labute approximate surface area is 162 Å². The number of aromatic nitrogens is 2. The van der Waals surface area contributed by atoms with E-state index in [1.165, 1.54) is 0 Å². The number of rotatable bonds is 10. The molecule has 0 spiro atoms. The first kappa shape index (κ1) is 19.3. The molecule has 2 aromatic heterocycles. The first-order valence-corrected chi connectivity index (χ1v) is 9.95. The van der Waals surface area contributed by atoms with E-state index in [0.29, 0.717) is 37.8 Å². The number of benzene rings is 1. The third-order valence-electron chi connectivity index (χ3n) is 4.08. The van der Waals surface area contributed by atoms with Gasteiger partial charge in [0.15, 0.2) is 0 Å². The lowest BCUT2D eigenvalue weighted by Crippen LogP contribution is -2.25. The van der Waals surface area contributed by atoms with Crippen LogP contribution < -0.4 is 5.32 Å². The molecular formula is C20H23N3O3S. The zero-order valence-electron chi connectivity index (χ0n) is 15.3. The molecule has 142 valence electrons. The maximum atomic E-state index is 11.9. The number of nitrogens with zero attached hydrogens (tertiary/aromatic N) is 2. The van der Waals surface area contributed by atoms with Gasteiger partial charge in [-0.05, 0) is 30.4 Å². The van der Waals surface area contributed by atoms with Gasteiger partial charge in [-0.2, -0.15) is 11.3 Å². The SMILES string of the molecule is CC(OCCCNC(=O)CCc1nnc(-c2ccsc2)o1)c1ccccc1. The topological polar surface area (TPSA) is 77.2 Å². The third-order valence-corrected chi connectivity index (χ3v) is 4.76. The predicted molar refractivity (Wildman–Crippen MR) is 104 cm³/mol. The molecule has 1 unspecified atom stereocenters. The van der Waals surface area contributed by atoms with Crippen molar-refractivity contribution in [3.8, 4) is 11.5 Å². The molecule has 0 radical (unpaired) electrons. The quantitative estimate of drug-likeness (QED) is 0.534. The van der Waals surface area contributed by atoms with Gasteiger partial charge in [0, 0.05) is 36.9 Å². The largest absolute Gasteiger partial charge is 0.421 e. The fourth-order valence-corrected chi connectivity index (χ4v) is 3.18. The van der Waals surface area contributed by atoms with Gasteiger partial charge in [0.1, 0.15) is 0 Å². The standard InChI is InChI=1S/C20H23N3O3S/c1-15(16-6-3-2-4-7-16)25-12-5-11-21-18(24)8-9-19-22-23-20(26-19)17-10-13-27-14-17/h2-4,6-7,10,13-15H,5,8-9,11-12H2,1H3,(H,21,24). The molecule has 1 aromatic carbocycles. The van der Waals surface area contributed by atoms with Gasteiger partial charge in [0.2, 0.25) is 17.7 Å². The minimum atomic E-state index is -0.0265. The normalized spacial score (nSPS) is 12.0. The van der Waals surface area contributed by atoms with Gasteiger partial charge in [-0.3, -0.25) is 4.79 Å². The van der Waals surface area contributed by atoms with Crippen LogP contribution in [0.4, 0.5) is 0 Å². The van der Waals surface area contributed by atoms with Gasteiger partial charge in [-0.25, -0.2) is 0 Å². The van der Waals surface area contributed by atoms with E-state index < -0.39 is 0 Å². The molecule has 0 bridgehead atoms. The van der Waals surface area contributed by atoms with Crippen molar-refractivity contribution in [2.45, 2.75) is 32.3 Å². The Morgan fingerprint density at radius 2 is 2.11 bits per heavy atom. The second kappa shape index (κ2) is 9.99. The maximum Gasteiger partial charge on any atom is 0.248 e. The molecule has 27 heavy (non-hydrogen) atoms. The molecule has 3 rings (SSSR count). The van der Waals surface area contributed by atoms with E-state index >= 15 is 0 Å². The summed E-state index contributed by atoms with van der Waals surface area (Å²) in [7, 11) is 0. The molecule has 6 nitrogen and oxygen atoms in total. The third kappa shape index (κ3) is 6.01. The number of thiophene rings is 1. The summed E-state index contributed by atoms with van der Waals surface area (Å²) in [5.41, 5.74) is 2.07. The fraction of sp³-hybridized carbons (Fsp3) is 0.350. The lowest BCUT2D eigenvalue weighted by molar-refractivity contribution is -0.121. The first-order valence-electron chi connectivity index (χ1n) is 9.00. The van der Waals surface area contributed by atoms with Gasteiger partial charge in [0.25, 0.3) is 0 Å². The summed E-state index contributed by atoms with van der Waals surface area (Å²) >= 11 is 1.57. The summed E-state index contributed by atoms with van der Waals surface area (Å²) in [6.07, 6.45) is 1.58. The van der Waals surface area contributed by atoms with E-state index in [-0.39, 0.29) is 12.0 Å². The van der Waals surface area contributed by atoms with Gasteiger partial charge < -0.3 is 14.5 Å². The lowest BCUT2D eigenvalue weighted by atomic mass is 10.1. The van der Waals surface area contributed by atoms with Crippen molar-refractivity contribution in [2.24, 2.45) is 0 Å². The molecule has 1 atom stereocenters. The van der Waals surface area contributed by atoms with Gasteiger partial charge in [-0.15, -0.1) is 10.2 Å². The predicted octanol–water partition coefficient (Wildman–Crippen LogP) is 4.01. The smallest absolute Gasteiger partial charge is 0.248 e. The number of hydrogen-bond donors (Lipinski definition) is 1. The van der Waals surface area contributed by atoms with Crippen LogP contribution >= 0.6 is 11.3 Å². The Kier molecular flexibility index (Phi) is 7.12. The van der Waals surface area contributed by atoms with Crippen LogP contribution in [0.25, 0.3) is 11.5 Å². The highest BCUT2D eigenvalue weighted by molar-refractivity contribution is 7.08. The highest BCUT2D eigenvalue weighted by atomic mass is 32.1. The highest BCUT2D eigenvalue weighted by Gasteiger charge is 2.11. The van der Waals surface area contributed by atoms with Crippen molar-refractivity contribution in [1.82, 2.24) is 15.5 Å². The molecule has 2 heterocycles. The van der Waals surface area contributed by atoms with E-state index in [1.807, 2.05) is 54.1 Å². The summed E-state index contributed by atoms with van der Waals surface area (Å²) < 4.78 is 11.4. The molecule has 0 saturated carbocycles. The van der Waals surface area contributed by atoms with Crippen LogP contribution in [0.15, 0.2) is 51.6 Å². The van der Waals surface area contributed by atoms with E-state index in [1.54, 1.807) is 11.3 Å². The van der Waals surface area contributed by atoms with Gasteiger partial charge >= 0.3 is 0 Å². The number of carbonyl (C=O) groups excluding carboxylic acids is 1. The zero-order valence-corrected chi connectivity index (χ0v) is 16.1. The average Bonchev–Trinajstić information content (AvgIpc) is 3.38. The summed E-state index contributed by atoms with van der Waals surface area (Å²) in [6.45, 7) is 3.22. The van der Waals surface area contributed by atoms with Crippen molar-refractivity contribution in [1.29, 1.82) is 0 Å². The summed E-state index contributed by atoms with van der Waals surface area (Å²) in [6, 6.07) is 12.0. The number of aryl methyl sites for hydroxylation is 1. The van der Waals surface area contributed by atoms with Gasteiger partial charge in [-0.1, -0.05) is 30.3 Å². The molecule has 0 aliphatic carbocycles. The summed E-state index contributed by atoms with van der Waals surface area (Å²) in [4.78, 5) is 11.9. The van der Waals surface area contributed by atoms with E-state index in [2.05, 4.69) is 15.5 Å². The molecule has 0 aliphatic heterocycles. The van der Waals surface area contributed by atoms with Crippen molar-refractivity contribution < 1.29 is 13.9 Å². The molecule has 1 N–H and O–H groups in total. The molecular weight excluding hydrogens is 362 g/mol. The number of hydrogen-bond acceptors (Lipinski definition) is 6. The fourth-order valence-electron chi connectivity index (χ4n) is 2.55. The molecule has 0 fully saturated rings. The van der Waals surface area contributed by atoms with E-state index in [0.717, 1.165) is 17.5 Å². The second-order valence-electron chi connectivity index (χ2n) is 6.14. The maximum absolute atomic E-state index is 11.9. The molecule has 0 saturated heterocycles. The second-order valence-corrected chi connectivity index (χ2v) is 6.92. The number of ether oxygens (including phenoxy) is 1. The Bertz CT molecular complexity index is 818. The molecule has 0 aliphatic rings. The van der Waals surface area contributed by atoms with Crippen LogP contribution in [-0.2, 0) is 16.0 Å². The summed E-state index contributed by atoms with van der Waals surface area (Å²) in [5, 5.41) is 14.8. The van der Waals surface area contributed by atoms with Crippen LogP contribution in [0.5, 0.6) is 0 Å². The van der Waals surface area contributed by atoms with Crippen molar-refractivity contribution in [3.63, 3.8) is 0 Å². The highest BCUT2D eigenvalue weighted by Crippen LogP contribution is 2.20. The minimum Gasteiger partial charge on any atom is -0.421 e. The van der Waals surface area contributed by atoms with Crippen molar-refractivity contribution in [2.75, 3.05) is 13.2 Å². The molecule has 3 aromatic rings. The Morgan fingerprint density at radius 3 is 2.89 bits per heavy atom. The molecule has 7 heteroatoms. The van der Waals surface area contributed by atoms with Gasteiger partial charge in [0.05, 0.1) is 6.10 Å². The first-order chi connectivity index (χ1) is 13.2. The molecule has 1 amide bonds. The number of amides is 1. The van der Waals surface area contributed by atoms with Crippen LogP contribution in [0, 0.1) is 0 Å².